The van der Waals surface area contributed by atoms with Crippen molar-refractivity contribution in [1.82, 2.24) is 20.0 Å². The number of ether oxygens (including phenoxy) is 1. The normalized spacial score (nSPS) is 14.2. The number of carbonyl (C=O) groups excluding carboxylic acids is 1. The van der Waals surface area contributed by atoms with Crippen LogP contribution in [0.3, 0.4) is 0 Å². The zero-order chi connectivity index (χ0) is 18.7. The summed E-state index contributed by atoms with van der Waals surface area (Å²) in [5, 5.41) is 6.85. The number of hydrogen-bond donors (Lipinski definition) is 1. The summed E-state index contributed by atoms with van der Waals surface area (Å²) in [4.78, 5) is 14.2. The predicted molar refractivity (Wildman–Crippen MR) is 87.1 cm³/mol. The molecule has 1 heterocycles. The lowest BCUT2D eigenvalue weighted by Gasteiger charge is -2.22. The highest BCUT2D eigenvalue weighted by Gasteiger charge is 2.33. The first-order valence-corrected chi connectivity index (χ1v) is 8.17. The van der Waals surface area contributed by atoms with E-state index >= 15 is 0 Å². The molecule has 3 rings (SSSR count). The molecule has 0 unspecified atom stereocenters. The highest BCUT2D eigenvalue weighted by molar-refractivity contribution is 5.75. The molecule has 1 aromatic carbocycles. The topological polar surface area (TPSA) is 59.4 Å². The summed E-state index contributed by atoms with van der Waals surface area (Å²) >= 11 is 0. The van der Waals surface area contributed by atoms with Gasteiger partial charge in [0.2, 0.25) is 0 Å². The maximum absolute atomic E-state index is 12.5. The lowest BCUT2D eigenvalue weighted by Crippen LogP contribution is -2.40. The average molecular weight is 368 g/mol. The zero-order valence-corrected chi connectivity index (χ0v) is 14.2. The van der Waals surface area contributed by atoms with Gasteiger partial charge in [-0.1, -0.05) is 12.1 Å². The largest absolute Gasteiger partial charge is 0.573 e. The van der Waals surface area contributed by atoms with Gasteiger partial charge in [-0.2, -0.15) is 5.10 Å². The zero-order valence-electron chi connectivity index (χ0n) is 14.2. The van der Waals surface area contributed by atoms with E-state index in [-0.39, 0.29) is 24.4 Å². The van der Waals surface area contributed by atoms with Gasteiger partial charge in [0.15, 0.2) is 0 Å². The molecule has 9 heteroatoms. The molecule has 140 valence electrons. The van der Waals surface area contributed by atoms with Gasteiger partial charge in [-0.3, -0.25) is 4.68 Å². The minimum absolute atomic E-state index is 0.115. The molecule has 1 aliphatic carbocycles. The molecule has 6 nitrogen and oxygen atoms in total. The van der Waals surface area contributed by atoms with E-state index in [0.29, 0.717) is 12.1 Å². The van der Waals surface area contributed by atoms with Crippen LogP contribution in [0.25, 0.3) is 0 Å². The molecule has 1 saturated carbocycles. The van der Waals surface area contributed by atoms with Gasteiger partial charge in [0.05, 0.1) is 12.7 Å². The van der Waals surface area contributed by atoms with Crippen LogP contribution in [0.1, 0.15) is 24.0 Å². The van der Waals surface area contributed by atoms with Crippen molar-refractivity contribution in [3.63, 3.8) is 0 Å². The Balaban J connectivity index is 1.59. The number of nitrogens with zero attached hydrogens (tertiary/aromatic N) is 3. The first-order chi connectivity index (χ1) is 12.3. The second-order valence-corrected chi connectivity index (χ2v) is 6.24. The molecule has 1 aliphatic rings. The molecule has 0 radical (unpaired) electrons. The van der Waals surface area contributed by atoms with Crippen LogP contribution in [-0.2, 0) is 20.1 Å². The Morgan fingerprint density at radius 2 is 2.15 bits per heavy atom. The Kier molecular flexibility index (Phi) is 5.06. The minimum Gasteiger partial charge on any atom is -0.406 e. The number of halogens is 3. The number of hydrogen-bond acceptors (Lipinski definition) is 3. The monoisotopic (exact) mass is 368 g/mol. The van der Waals surface area contributed by atoms with Gasteiger partial charge in [-0.05, 0) is 30.5 Å². The van der Waals surface area contributed by atoms with Crippen LogP contribution in [0.5, 0.6) is 5.75 Å². The lowest BCUT2D eigenvalue weighted by molar-refractivity contribution is -0.274. The van der Waals surface area contributed by atoms with E-state index in [1.54, 1.807) is 28.9 Å². The number of carbonyl (C=O) groups is 1. The highest BCUT2D eigenvalue weighted by Crippen LogP contribution is 2.28. The van der Waals surface area contributed by atoms with Crippen molar-refractivity contribution in [1.29, 1.82) is 0 Å². The van der Waals surface area contributed by atoms with Crippen molar-refractivity contribution < 1.29 is 22.7 Å². The minimum atomic E-state index is -4.74. The van der Waals surface area contributed by atoms with Crippen molar-refractivity contribution in [3.05, 3.63) is 47.8 Å². The summed E-state index contributed by atoms with van der Waals surface area (Å²) in [5.74, 6) is -0.307. The second kappa shape index (κ2) is 7.27. The van der Waals surface area contributed by atoms with Crippen LogP contribution in [0, 0.1) is 0 Å². The molecule has 0 aliphatic heterocycles. The molecule has 0 saturated heterocycles. The van der Waals surface area contributed by atoms with Crippen molar-refractivity contribution in [2.75, 3.05) is 0 Å². The molecule has 1 fully saturated rings. The van der Waals surface area contributed by atoms with Gasteiger partial charge in [-0.25, -0.2) is 4.79 Å². The van der Waals surface area contributed by atoms with Gasteiger partial charge < -0.3 is 15.0 Å². The summed E-state index contributed by atoms with van der Waals surface area (Å²) in [6.45, 7) is 0.561. The Bertz CT molecular complexity index is 771. The number of rotatable bonds is 6. The predicted octanol–water partition coefficient (Wildman–Crippen LogP) is 3.19. The van der Waals surface area contributed by atoms with E-state index in [2.05, 4.69) is 15.2 Å². The second-order valence-electron chi connectivity index (χ2n) is 6.24. The molecular formula is C17H19F3N4O2. The lowest BCUT2D eigenvalue weighted by atomic mass is 10.2. The van der Waals surface area contributed by atoms with Crippen LogP contribution in [0.2, 0.25) is 0 Å². The third-order valence-electron chi connectivity index (χ3n) is 3.94. The van der Waals surface area contributed by atoms with Crippen molar-refractivity contribution in [2.45, 2.75) is 38.3 Å². The maximum Gasteiger partial charge on any atom is 0.573 e. The summed E-state index contributed by atoms with van der Waals surface area (Å²) in [6, 6.07) is 5.51. The maximum atomic E-state index is 12.5. The Labute approximate surface area is 148 Å². The first kappa shape index (κ1) is 18.1. The fourth-order valence-electron chi connectivity index (χ4n) is 2.63. The average Bonchev–Trinajstić information content (AvgIpc) is 3.31. The SMILES string of the molecule is Cn1cc(CN(C(=O)NCc2cccc(OC(F)(F)F)c2)C2CC2)cn1. The fraction of sp³-hybridized carbons (Fsp3) is 0.412. The molecule has 1 N–H and O–H groups in total. The molecule has 2 aromatic rings. The molecule has 26 heavy (non-hydrogen) atoms. The van der Waals surface area contributed by atoms with Gasteiger partial charge in [-0.15, -0.1) is 13.2 Å². The Hall–Kier alpha value is -2.71. The van der Waals surface area contributed by atoms with Crippen molar-refractivity contribution in [3.8, 4) is 5.75 Å². The number of nitrogens with one attached hydrogen (secondary N) is 1. The summed E-state index contributed by atoms with van der Waals surface area (Å²) < 4.78 is 42.4. The van der Waals surface area contributed by atoms with E-state index in [1.165, 1.54) is 18.2 Å². The van der Waals surface area contributed by atoms with Gasteiger partial charge in [0, 0.05) is 31.4 Å². The number of aromatic nitrogens is 2. The summed E-state index contributed by atoms with van der Waals surface area (Å²) in [7, 11) is 1.81. The number of alkyl halides is 3. The van der Waals surface area contributed by atoms with Crippen molar-refractivity contribution in [2.24, 2.45) is 7.05 Å². The third-order valence-corrected chi connectivity index (χ3v) is 3.94. The van der Waals surface area contributed by atoms with Gasteiger partial charge in [0.25, 0.3) is 0 Å². The van der Waals surface area contributed by atoms with E-state index < -0.39 is 6.36 Å². The van der Waals surface area contributed by atoms with Crippen molar-refractivity contribution >= 4 is 6.03 Å². The molecule has 2 amide bonds. The number of amides is 2. The number of benzene rings is 1. The van der Waals surface area contributed by atoms with E-state index in [9.17, 15) is 18.0 Å². The number of aryl methyl sites for hydroxylation is 1. The van der Waals surface area contributed by atoms with Gasteiger partial charge >= 0.3 is 12.4 Å². The Morgan fingerprint density at radius 1 is 1.38 bits per heavy atom. The van der Waals surface area contributed by atoms with E-state index in [0.717, 1.165) is 18.4 Å². The quantitative estimate of drug-likeness (QED) is 0.852. The first-order valence-electron chi connectivity index (χ1n) is 8.17. The third kappa shape index (κ3) is 5.14. The number of urea groups is 1. The standard InChI is InChI=1S/C17H19F3N4O2/c1-23-10-13(9-22-23)11-24(14-5-6-14)16(25)21-8-12-3-2-4-15(7-12)26-17(18,19)20/h2-4,7,9-10,14H,5-6,8,11H2,1H3,(H,21,25). The Morgan fingerprint density at radius 3 is 2.77 bits per heavy atom. The van der Waals surface area contributed by atoms with E-state index in [4.69, 9.17) is 0 Å². The van der Waals surface area contributed by atoms with Gasteiger partial charge in [0.1, 0.15) is 5.75 Å². The van der Waals surface area contributed by atoms with Crippen LogP contribution < -0.4 is 10.1 Å². The van der Waals surface area contributed by atoms with Crippen LogP contribution in [-0.4, -0.2) is 33.1 Å². The fourth-order valence-corrected chi connectivity index (χ4v) is 2.63. The van der Waals surface area contributed by atoms with E-state index in [1.807, 2.05) is 6.20 Å². The summed E-state index contributed by atoms with van der Waals surface area (Å²) in [5.41, 5.74) is 1.45. The van der Waals surface area contributed by atoms with Crippen LogP contribution in [0.4, 0.5) is 18.0 Å². The van der Waals surface area contributed by atoms with Crippen LogP contribution >= 0.6 is 0 Å². The molecule has 1 aromatic heterocycles. The molecule has 0 atom stereocenters. The molecule has 0 bridgehead atoms. The van der Waals surface area contributed by atoms with Crippen LogP contribution in [0.15, 0.2) is 36.7 Å². The highest BCUT2D eigenvalue weighted by atomic mass is 19.4. The molecular weight excluding hydrogens is 349 g/mol. The molecule has 0 spiro atoms. The summed E-state index contributed by atoms with van der Waals surface area (Å²) in [6.07, 6.45) is 0.709. The smallest absolute Gasteiger partial charge is 0.406 e.